The number of amides is 2. The van der Waals surface area contributed by atoms with Crippen molar-refractivity contribution in [1.29, 1.82) is 0 Å². The molecular weight excluding hydrogens is 354 g/mol. The third-order valence-electron chi connectivity index (χ3n) is 5.03. The zero-order valence-electron chi connectivity index (χ0n) is 15.4. The van der Waals surface area contributed by atoms with E-state index in [1.54, 1.807) is 0 Å². The van der Waals surface area contributed by atoms with Crippen molar-refractivity contribution in [3.8, 4) is 0 Å². The molecule has 0 aromatic heterocycles. The molecule has 0 saturated carbocycles. The fourth-order valence-corrected chi connectivity index (χ4v) is 3.42. The highest BCUT2D eigenvalue weighted by atomic mass is 35.5. The van der Waals surface area contributed by atoms with Crippen molar-refractivity contribution in [3.63, 3.8) is 0 Å². The number of nitrogens with zero attached hydrogens (tertiary/aromatic N) is 1. The van der Waals surface area contributed by atoms with E-state index in [9.17, 15) is 9.59 Å². The lowest BCUT2D eigenvalue weighted by molar-refractivity contribution is -0.129. The number of nitrogens with one attached hydrogen (secondary N) is 2. The van der Waals surface area contributed by atoms with Gasteiger partial charge in [0.15, 0.2) is 0 Å². The van der Waals surface area contributed by atoms with Gasteiger partial charge in [-0.1, -0.05) is 17.7 Å². The highest BCUT2D eigenvalue weighted by Gasteiger charge is 2.31. The van der Waals surface area contributed by atoms with Gasteiger partial charge in [0.05, 0.1) is 12.7 Å². The van der Waals surface area contributed by atoms with Crippen LogP contribution in [0.4, 0.5) is 0 Å². The lowest BCUT2D eigenvalue weighted by Crippen LogP contribution is -2.58. The first kappa shape index (κ1) is 20.7. The molecule has 1 aromatic rings. The molecule has 2 aliphatic rings. The number of halogens is 1. The first-order valence-electron chi connectivity index (χ1n) is 9.06. The van der Waals surface area contributed by atoms with Gasteiger partial charge in [0.25, 0.3) is 5.91 Å². The van der Waals surface area contributed by atoms with Gasteiger partial charge in [-0.2, -0.15) is 0 Å². The molecule has 0 aliphatic carbocycles. The summed E-state index contributed by atoms with van der Waals surface area (Å²) in [5, 5.41) is 6.32. The van der Waals surface area contributed by atoms with Crippen molar-refractivity contribution in [2.75, 3.05) is 26.2 Å². The van der Waals surface area contributed by atoms with Crippen LogP contribution in [-0.2, 0) is 9.53 Å². The Hall–Kier alpha value is -1.63. The maximum Gasteiger partial charge on any atom is 0.253 e. The SMILES string of the molecule is Cc1ccc(C(=O)N2CCC(NC(=O)[C@H]3NCCO[C@@H]3C)CC2)cc1.Cl. The van der Waals surface area contributed by atoms with Crippen LogP contribution in [0.25, 0.3) is 0 Å². The summed E-state index contributed by atoms with van der Waals surface area (Å²) in [6, 6.07) is 7.50. The van der Waals surface area contributed by atoms with E-state index in [0.29, 0.717) is 26.2 Å². The zero-order valence-corrected chi connectivity index (χ0v) is 16.2. The number of hydrogen-bond acceptors (Lipinski definition) is 4. The average Bonchev–Trinajstić information content (AvgIpc) is 2.63. The second-order valence-corrected chi connectivity index (χ2v) is 6.95. The largest absolute Gasteiger partial charge is 0.375 e. The van der Waals surface area contributed by atoms with Crippen LogP contribution in [0.15, 0.2) is 24.3 Å². The number of rotatable bonds is 3. The Labute approximate surface area is 161 Å². The molecule has 7 heteroatoms. The van der Waals surface area contributed by atoms with Crippen molar-refractivity contribution >= 4 is 24.2 Å². The molecule has 3 rings (SSSR count). The van der Waals surface area contributed by atoms with E-state index in [1.165, 1.54) is 0 Å². The average molecular weight is 382 g/mol. The molecular formula is C19H28ClN3O3. The Bertz CT molecular complexity index is 615. The smallest absolute Gasteiger partial charge is 0.253 e. The summed E-state index contributed by atoms with van der Waals surface area (Å²) in [5.41, 5.74) is 1.87. The number of benzene rings is 1. The molecule has 2 atom stereocenters. The number of aryl methyl sites for hydroxylation is 1. The van der Waals surface area contributed by atoms with Crippen LogP contribution in [0, 0.1) is 6.92 Å². The van der Waals surface area contributed by atoms with Crippen LogP contribution in [0.3, 0.4) is 0 Å². The molecule has 0 radical (unpaired) electrons. The number of carbonyl (C=O) groups excluding carboxylic acids is 2. The molecule has 0 spiro atoms. The van der Waals surface area contributed by atoms with Crippen LogP contribution >= 0.6 is 12.4 Å². The molecule has 2 aliphatic heterocycles. The first-order valence-corrected chi connectivity index (χ1v) is 9.06. The summed E-state index contributed by atoms with van der Waals surface area (Å²) < 4.78 is 5.53. The first-order chi connectivity index (χ1) is 12.0. The van der Waals surface area contributed by atoms with E-state index in [1.807, 2.05) is 43.0 Å². The summed E-state index contributed by atoms with van der Waals surface area (Å²) in [6.07, 6.45) is 1.45. The molecule has 2 heterocycles. The van der Waals surface area contributed by atoms with Crippen LogP contribution in [0.1, 0.15) is 35.7 Å². The zero-order chi connectivity index (χ0) is 17.8. The maximum absolute atomic E-state index is 12.5. The highest BCUT2D eigenvalue weighted by molar-refractivity contribution is 5.94. The van der Waals surface area contributed by atoms with Gasteiger partial charge < -0.3 is 20.3 Å². The number of piperidine rings is 1. The topological polar surface area (TPSA) is 70.7 Å². The molecule has 6 nitrogen and oxygen atoms in total. The van der Waals surface area contributed by atoms with Crippen LogP contribution in [-0.4, -0.2) is 61.1 Å². The van der Waals surface area contributed by atoms with Gasteiger partial charge >= 0.3 is 0 Å². The summed E-state index contributed by atoms with van der Waals surface area (Å²) in [5.74, 6) is 0.0660. The third-order valence-corrected chi connectivity index (χ3v) is 5.03. The van der Waals surface area contributed by atoms with Crippen molar-refractivity contribution in [3.05, 3.63) is 35.4 Å². The molecule has 144 valence electrons. The number of likely N-dealkylation sites (tertiary alicyclic amines) is 1. The Morgan fingerprint density at radius 2 is 1.85 bits per heavy atom. The predicted octanol–water partition coefficient (Wildman–Crippen LogP) is 1.51. The van der Waals surface area contributed by atoms with E-state index in [-0.39, 0.29) is 42.4 Å². The molecule has 2 fully saturated rings. The highest BCUT2D eigenvalue weighted by Crippen LogP contribution is 2.15. The van der Waals surface area contributed by atoms with Gasteiger partial charge in [-0.25, -0.2) is 0 Å². The minimum Gasteiger partial charge on any atom is -0.375 e. The molecule has 2 amide bonds. The van der Waals surface area contributed by atoms with Crippen LogP contribution in [0.5, 0.6) is 0 Å². The van der Waals surface area contributed by atoms with Gasteiger partial charge in [0.2, 0.25) is 5.91 Å². The fourth-order valence-electron chi connectivity index (χ4n) is 3.42. The lowest BCUT2D eigenvalue weighted by Gasteiger charge is -2.35. The van der Waals surface area contributed by atoms with Crippen LogP contribution in [0.2, 0.25) is 0 Å². The van der Waals surface area contributed by atoms with Crippen LogP contribution < -0.4 is 10.6 Å². The molecule has 1 aromatic carbocycles. The van der Waals surface area contributed by atoms with Crippen molar-refractivity contribution in [1.82, 2.24) is 15.5 Å². The monoisotopic (exact) mass is 381 g/mol. The van der Waals surface area contributed by atoms with Gasteiger partial charge in [-0.15, -0.1) is 12.4 Å². The Kier molecular flexibility index (Phi) is 7.43. The van der Waals surface area contributed by atoms with Crippen molar-refractivity contribution in [2.45, 2.75) is 44.9 Å². The molecule has 26 heavy (non-hydrogen) atoms. The molecule has 2 N–H and O–H groups in total. The maximum atomic E-state index is 12.5. The number of morpholine rings is 1. The minimum atomic E-state index is -0.291. The Morgan fingerprint density at radius 3 is 2.46 bits per heavy atom. The summed E-state index contributed by atoms with van der Waals surface area (Å²) >= 11 is 0. The normalized spacial score (nSPS) is 23.8. The number of carbonyl (C=O) groups is 2. The van der Waals surface area contributed by atoms with E-state index in [2.05, 4.69) is 10.6 Å². The van der Waals surface area contributed by atoms with Gasteiger partial charge in [0.1, 0.15) is 6.04 Å². The van der Waals surface area contributed by atoms with E-state index >= 15 is 0 Å². The van der Waals surface area contributed by atoms with Gasteiger partial charge in [0, 0.05) is 31.2 Å². The molecule has 0 bridgehead atoms. The Balaban J connectivity index is 0.00000243. The minimum absolute atomic E-state index is 0. The van der Waals surface area contributed by atoms with Gasteiger partial charge in [-0.3, -0.25) is 9.59 Å². The second-order valence-electron chi connectivity index (χ2n) is 6.95. The Morgan fingerprint density at radius 1 is 1.19 bits per heavy atom. The standard InChI is InChI=1S/C19H27N3O3.ClH/c1-13-3-5-15(6-4-13)19(24)22-10-7-16(8-11-22)21-18(23)17-14(2)25-12-9-20-17;/h3-6,14,16-17,20H,7-12H2,1-2H3,(H,21,23);1H/t14-,17+;/m1./s1. The summed E-state index contributed by atoms with van der Waals surface area (Å²) in [4.78, 5) is 26.8. The van der Waals surface area contributed by atoms with E-state index < -0.39 is 0 Å². The number of ether oxygens (including phenoxy) is 1. The lowest BCUT2D eigenvalue weighted by atomic mass is 10.0. The summed E-state index contributed by atoms with van der Waals surface area (Å²) in [6.45, 7) is 6.61. The quantitative estimate of drug-likeness (QED) is 0.832. The second kappa shape index (κ2) is 9.35. The van der Waals surface area contributed by atoms with E-state index in [4.69, 9.17) is 4.74 Å². The molecule has 2 saturated heterocycles. The third kappa shape index (κ3) is 4.96. The van der Waals surface area contributed by atoms with Crippen molar-refractivity contribution in [2.24, 2.45) is 0 Å². The predicted molar refractivity (Wildman–Crippen MR) is 103 cm³/mol. The molecule has 0 unspecified atom stereocenters. The number of hydrogen-bond donors (Lipinski definition) is 2. The van der Waals surface area contributed by atoms with E-state index in [0.717, 1.165) is 24.0 Å². The van der Waals surface area contributed by atoms with Crippen molar-refractivity contribution < 1.29 is 14.3 Å². The fraction of sp³-hybridized carbons (Fsp3) is 0.579. The van der Waals surface area contributed by atoms with Gasteiger partial charge in [-0.05, 0) is 38.8 Å². The summed E-state index contributed by atoms with van der Waals surface area (Å²) in [7, 11) is 0.